The predicted molar refractivity (Wildman–Crippen MR) is 95.0 cm³/mol. The minimum Gasteiger partial charge on any atom is -0.355 e. The van der Waals surface area contributed by atoms with Gasteiger partial charge in [-0.2, -0.15) is 0 Å². The molecule has 2 N–H and O–H groups in total. The Bertz CT molecular complexity index is 353. The zero-order valence-electron chi connectivity index (χ0n) is 13.7. The molecular weight excluding hydrogens is 321 g/mol. The Morgan fingerprint density at radius 1 is 1.18 bits per heavy atom. The molecule has 6 heteroatoms. The highest BCUT2D eigenvalue weighted by molar-refractivity contribution is 5.85. The maximum absolute atomic E-state index is 12.1. The van der Waals surface area contributed by atoms with Crippen molar-refractivity contribution in [2.75, 3.05) is 13.6 Å². The van der Waals surface area contributed by atoms with E-state index in [4.69, 9.17) is 0 Å². The van der Waals surface area contributed by atoms with Crippen LogP contribution in [0, 0.1) is 5.92 Å². The van der Waals surface area contributed by atoms with Gasteiger partial charge in [-0.1, -0.05) is 0 Å². The lowest BCUT2D eigenvalue weighted by atomic mass is 9.89. The van der Waals surface area contributed by atoms with E-state index in [2.05, 4.69) is 29.5 Å². The van der Waals surface area contributed by atoms with Gasteiger partial charge in [0.1, 0.15) is 0 Å². The maximum atomic E-state index is 12.1. The zero-order chi connectivity index (χ0) is 14.1. The van der Waals surface area contributed by atoms with Gasteiger partial charge in [0.25, 0.3) is 0 Å². The largest absolute Gasteiger partial charge is 0.355 e. The van der Waals surface area contributed by atoms with Crippen LogP contribution >= 0.6 is 24.8 Å². The summed E-state index contributed by atoms with van der Waals surface area (Å²) in [6.45, 7) is 3.01. The first-order chi connectivity index (χ1) is 9.61. The number of carbonyl (C=O) groups excluding carboxylic acids is 1. The van der Waals surface area contributed by atoms with Crippen LogP contribution in [0.3, 0.4) is 0 Å². The molecule has 3 aliphatic rings. The van der Waals surface area contributed by atoms with Gasteiger partial charge in [0.2, 0.25) is 5.91 Å². The molecule has 2 saturated heterocycles. The van der Waals surface area contributed by atoms with Crippen LogP contribution in [0.2, 0.25) is 0 Å². The van der Waals surface area contributed by atoms with E-state index in [0.29, 0.717) is 24.0 Å². The van der Waals surface area contributed by atoms with E-state index in [9.17, 15) is 4.79 Å². The van der Waals surface area contributed by atoms with Crippen LogP contribution in [0.1, 0.15) is 51.9 Å². The molecule has 2 aliphatic heterocycles. The summed E-state index contributed by atoms with van der Waals surface area (Å²) < 4.78 is 0. The smallest absolute Gasteiger partial charge is 0.220 e. The van der Waals surface area contributed by atoms with E-state index in [1.807, 2.05) is 0 Å². The van der Waals surface area contributed by atoms with E-state index in [1.165, 1.54) is 38.5 Å². The summed E-state index contributed by atoms with van der Waals surface area (Å²) in [6, 6.07) is 2.59. The molecule has 0 spiro atoms. The molecule has 1 saturated carbocycles. The molecule has 22 heavy (non-hydrogen) atoms. The second kappa shape index (κ2) is 8.72. The fourth-order valence-electron chi connectivity index (χ4n) is 3.92. The Morgan fingerprint density at radius 2 is 1.77 bits per heavy atom. The number of likely N-dealkylation sites (N-methyl/N-ethyl adjacent to an activating group) is 1. The van der Waals surface area contributed by atoms with Crippen molar-refractivity contribution in [1.29, 1.82) is 0 Å². The van der Waals surface area contributed by atoms with Gasteiger partial charge >= 0.3 is 0 Å². The summed E-state index contributed by atoms with van der Waals surface area (Å²) in [5.41, 5.74) is 0. The molecule has 0 aromatic rings. The van der Waals surface area contributed by atoms with Crippen LogP contribution in [-0.4, -0.2) is 48.6 Å². The average molecular weight is 352 g/mol. The third-order valence-electron chi connectivity index (χ3n) is 5.46. The fourth-order valence-corrected chi connectivity index (χ4v) is 3.92. The maximum Gasteiger partial charge on any atom is 0.220 e. The second-order valence-electron chi connectivity index (χ2n) is 7.23. The van der Waals surface area contributed by atoms with Crippen molar-refractivity contribution in [1.82, 2.24) is 15.5 Å². The van der Waals surface area contributed by atoms with Crippen molar-refractivity contribution >= 4 is 30.7 Å². The number of rotatable bonds is 6. The standard InChI is InChI=1S/C16H29N3O.2ClH/c1-11(19(2)15-5-6-15)10-17-16(20)9-12-7-13-3-4-14(8-12)18-13;;/h11-15,18H,3-10H2,1-2H3,(H,17,20);2*1H. The highest BCUT2D eigenvalue weighted by Gasteiger charge is 2.34. The number of amides is 1. The van der Waals surface area contributed by atoms with Gasteiger partial charge in [0.15, 0.2) is 0 Å². The molecule has 0 aromatic heterocycles. The van der Waals surface area contributed by atoms with Gasteiger partial charge in [0, 0.05) is 37.1 Å². The van der Waals surface area contributed by atoms with Crippen LogP contribution in [0.5, 0.6) is 0 Å². The molecule has 0 radical (unpaired) electrons. The molecule has 1 aliphatic carbocycles. The predicted octanol–water partition coefficient (Wildman–Crippen LogP) is 2.35. The molecule has 1 amide bonds. The topological polar surface area (TPSA) is 44.4 Å². The summed E-state index contributed by atoms with van der Waals surface area (Å²) in [6.07, 6.45) is 8.40. The molecule has 3 fully saturated rings. The minimum atomic E-state index is 0. The third-order valence-corrected chi connectivity index (χ3v) is 5.46. The van der Waals surface area contributed by atoms with E-state index in [0.717, 1.165) is 19.0 Å². The molecule has 2 bridgehead atoms. The van der Waals surface area contributed by atoms with Crippen molar-refractivity contribution < 1.29 is 4.79 Å². The second-order valence-corrected chi connectivity index (χ2v) is 7.23. The molecule has 3 rings (SSSR count). The summed E-state index contributed by atoms with van der Waals surface area (Å²) >= 11 is 0. The lowest BCUT2D eigenvalue weighted by molar-refractivity contribution is -0.122. The molecule has 130 valence electrons. The monoisotopic (exact) mass is 351 g/mol. The van der Waals surface area contributed by atoms with Gasteiger partial charge in [0.05, 0.1) is 0 Å². The normalized spacial score (nSPS) is 31.1. The Balaban J connectivity index is 0.00000121. The number of hydrogen-bond donors (Lipinski definition) is 2. The minimum absolute atomic E-state index is 0. The number of nitrogens with zero attached hydrogens (tertiary/aromatic N) is 1. The SMILES string of the molecule is CC(CNC(=O)CC1CC2CCC(C1)N2)N(C)C1CC1.Cl.Cl. The molecule has 2 heterocycles. The van der Waals surface area contributed by atoms with Crippen molar-refractivity contribution in [2.24, 2.45) is 5.92 Å². The quantitative estimate of drug-likeness (QED) is 0.771. The zero-order valence-corrected chi connectivity index (χ0v) is 15.3. The first-order valence-electron chi connectivity index (χ1n) is 8.36. The number of carbonyl (C=O) groups is 1. The van der Waals surface area contributed by atoms with E-state index in [1.54, 1.807) is 0 Å². The number of fused-ring (bicyclic) bond motifs is 2. The van der Waals surface area contributed by atoms with Gasteiger partial charge < -0.3 is 10.6 Å². The first-order valence-corrected chi connectivity index (χ1v) is 8.36. The van der Waals surface area contributed by atoms with E-state index >= 15 is 0 Å². The summed E-state index contributed by atoms with van der Waals surface area (Å²) in [4.78, 5) is 14.5. The Labute approximate surface area is 147 Å². The highest BCUT2D eigenvalue weighted by Crippen LogP contribution is 2.32. The van der Waals surface area contributed by atoms with Crippen molar-refractivity contribution in [3.8, 4) is 0 Å². The number of piperidine rings is 1. The number of nitrogens with one attached hydrogen (secondary N) is 2. The van der Waals surface area contributed by atoms with Crippen molar-refractivity contribution in [2.45, 2.75) is 76.0 Å². The number of halogens is 2. The molecule has 4 nitrogen and oxygen atoms in total. The molecule has 0 aromatic carbocycles. The summed E-state index contributed by atoms with van der Waals surface area (Å²) in [7, 11) is 2.18. The van der Waals surface area contributed by atoms with E-state index in [-0.39, 0.29) is 30.7 Å². The van der Waals surface area contributed by atoms with Gasteiger partial charge in [-0.15, -0.1) is 24.8 Å². The fraction of sp³-hybridized carbons (Fsp3) is 0.938. The summed E-state index contributed by atoms with van der Waals surface area (Å²) in [5.74, 6) is 0.859. The lowest BCUT2D eigenvalue weighted by Gasteiger charge is -2.29. The van der Waals surface area contributed by atoms with Crippen molar-refractivity contribution in [3.05, 3.63) is 0 Å². The van der Waals surface area contributed by atoms with Crippen LogP contribution < -0.4 is 10.6 Å². The Hall–Kier alpha value is -0.0300. The van der Waals surface area contributed by atoms with Gasteiger partial charge in [-0.3, -0.25) is 9.69 Å². The van der Waals surface area contributed by atoms with Crippen molar-refractivity contribution in [3.63, 3.8) is 0 Å². The van der Waals surface area contributed by atoms with Crippen LogP contribution in [0.15, 0.2) is 0 Å². The van der Waals surface area contributed by atoms with E-state index < -0.39 is 0 Å². The molecule has 3 unspecified atom stereocenters. The number of hydrogen-bond acceptors (Lipinski definition) is 3. The van der Waals surface area contributed by atoms with Crippen LogP contribution in [-0.2, 0) is 4.79 Å². The Kier molecular flexibility index (Phi) is 7.93. The molecular formula is C16H31Cl2N3O. The lowest BCUT2D eigenvalue weighted by Crippen LogP contribution is -2.43. The summed E-state index contributed by atoms with van der Waals surface area (Å²) in [5, 5.41) is 6.78. The molecule has 3 atom stereocenters. The van der Waals surface area contributed by atoms with Crippen LogP contribution in [0.25, 0.3) is 0 Å². The first kappa shape index (κ1) is 20.0. The van der Waals surface area contributed by atoms with Crippen LogP contribution in [0.4, 0.5) is 0 Å². The third kappa shape index (κ3) is 5.26. The average Bonchev–Trinajstić information content (AvgIpc) is 3.21. The van der Waals surface area contributed by atoms with Gasteiger partial charge in [-0.25, -0.2) is 0 Å². The highest BCUT2D eigenvalue weighted by atomic mass is 35.5. The van der Waals surface area contributed by atoms with Gasteiger partial charge in [-0.05, 0) is 58.4 Å². The Morgan fingerprint density at radius 3 is 2.32 bits per heavy atom.